The maximum Gasteiger partial charge on any atom is 0.416 e. The molecule has 2 aromatic rings. The highest BCUT2D eigenvalue weighted by Gasteiger charge is 2.29. The van der Waals surface area contributed by atoms with Gasteiger partial charge in [-0.25, -0.2) is 4.79 Å². The molecule has 0 spiro atoms. The number of amides is 1. The summed E-state index contributed by atoms with van der Waals surface area (Å²) in [5, 5.41) is 2.64. The Labute approximate surface area is 172 Å². The summed E-state index contributed by atoms with van der Waals surface area (Å²) in [7, 11) is 0. The van der Waals surface area contributed by atoms with Crippen molar-refractivity contribution in [1.29, 1.82) is 0 Å². The standard InChI is InChI=1S/C22H21F3N2O3/c23-22(24,25)17-6-3-16(4-7-17)5-12-21(29)30-15-20(28)26-18-8-10-19(11-9-18)27-13-1-2-14-27/h3-12H,1-2,13-15H2,(H,26,28)/b12-5+. The van der Waals surface area contributed by atoms with E-state index in [9.17, 15) is 22.8 Å². The van der Waals surface area contributed by atoms with Gasteiger partial charge in [-0.15, -0.1) is 0 Å². The Bertz CT molecular complexity index is 901. The van der Waals surface area contributed by atoms with E-state index in [0.717, 1.165) is 37.0 Å². The lowest BCUT2D eigenvalue weighted by atomic mass is 10.1. The fraction of sp³-hybridized carbons (Fsp3) is 0.273. The number of hydrogen-bond donors (Lipinski definition) is 1. The van der Waals surface area contributed by atoms with Gasteiger partial charge in [0.2, 0.25) is 0 Å². The van der Waals surface area contributed by atoms with Crippen LogP contribution in [0.4, 0.5) is 24.5 Å². The van der Waals surface area contributed by atoms with Gasteiger partial charge in [0.1, 0.15) is 0 Å². The minimum atomic E-state index is -4.41. The molecule has 1 N–H and O–H groups in total. The summed E-state index contributed by atoms with van der Waals surface area (Å²) in [5.74, 6) is -1.25. The molecule has 0 aromatic heterocycles. The van der Waals surface area contributed by atoms with Crippen molar-refractivity contribution < 1.29 is 27.5 Å². The topological polar surface area (TPSA) is 58.6 Å². The third kappa shape index (κ3) is 6.10. The van der Waals surface area contributed by atoms with Gasteiger partial charge in [0, 0.05) is 30.5 Å². The van der Waals surface area contributed by atoms with Crippen LogP contribution < -0.4 is 10.2 Å². The monoisotopic (exact) mass is 418 g/mol. The number of hydrogen-bond acceptors (Lipinski definition) is 4. The Morgan fingerprint density at radius 3 is 2.23 bits per heavy atom. The van der Waals surface area contributed by atoms with E-state index in [2.05, 4.69) is 10.2 Å². The average Bonchev–Trinajstić information content (AvgIpc) is 3.26. The predicted molar refractivity (Wildman–Crippen MR) is 108 cm³/mol. The lowest BCUT2D eigenvalue weighted by Gasteiger charge is -2.17. The van der Waals surface area contributed by atoms with Crippen molar-refractivity contribution in [3.05, 3.63) is 65.7 Å². The highest BCUT2D eigenvalue weighted by Crippen LogP contribution is 2.29. The van der Waals surface area contributed by atoms with Crippen LogP contribution in [0, 0.1) is 0 Å². The average molecular weight is 418 g/mol. The zero-order valence-electron chi connectivity index (χ0n) is 16.1. The lowest BCUT2D eigenvalue weighted by Crippen LogP contribution is -2.20. The van der Waals surface area contributed by atoms with E-state index in [1.165, 1.54) is 31.1 Å². The molecule has 0 aliphatic carbocycles. The summed E-state index contributed by atoms with van der Waals surface area (Å²) in [6.07, 6.45) is 0.315. The highest BCUT2D eigenvalue weighted by molar-refractivity contribution is 5.94. The van der Waals surface area contributed by atoms with E-state index in [1.807, 2.05) is 12.1 Å². The maximum absolute atomic E-state index is 12.5. The molecule has 2 aromatic carbocycles. The number of halogens is 3. The van der Waals surface area contributed by atoms with Crippen molar-refractivity contribution in [2.75, 3.05) is 29.9 Å². The molecule has 8 heteroatoms. The normalized spacial score (nSPS) is 14.2. The molecule has 158 valence electrons. The summed E-state index contributed by atoms with van der Waals surface area (Å²) in [6.45, 7) is 1.59. The smallest absolute Gasteiger partial charge is 0.416 e. The van der Waals surface area contributed by atoms with Crippen LogP contribution in [-0.4, -0.2) is 31.6 Å². The molecule has 0 bridgehead atoms. The zero-order chi connectivity index (χ0) is 21.6. The van der Waals surface area contributed by atoms with Gasteiger partial charge in [-0.3, -0.25) is 4.79 Å². The summed E-state index contributed by atoms with van der Waals surface area (Å²) in [5.41, 5.74) is 1.33. The van der Waals surface area contributed by atoms with Crippen LogP contribution in [0.5, 0.6) is 0 Å². The van der Waals surface area contributed by atoms with E-state index in [4.69, 9.17) is 4.74 Å². The summed E-state index contributed by atoms with van der Waals surface area (Å²) in [4.78, 5) is 25.9. The highest BCUT2D eigenvalue weighted by atomic mass is 19.4. The van der Waals surface area contributed by atoms with Gasteiger partial charge in [-0.1, -0.05) is 12.1 Å². The minimum Gasteiger partial charge on any atom is -0.452 e. The van der Waals surface area contributed by atoms with Crippen LogP contribution in [0.3, 0.4) is 0 Å². The van der Waals surface area contributed by atoms with Gasteiger partial charge in [-0.05, 0) is 60.9 Å². The number of nitrogens with one attached hydrogen (secondary N) is 1. The fourth-order valence-corrected chi connectivity index (χ4v) is 3.06. The first-order valence-corrected chi connectivity index (χ1v) is 9.48. The van der Waals surface area contributed by atoms with Gasteiger partial charge in [0.15, 0.2) is 6.61 Å². The van der Waals surface area contributed by atoms with Crippen LogP contribution in [0.2, 0.25) is 0 Å². The number of anilines is 2. The second kappa shape index (κ2) is 9.47. The number of ether oxygens (including phenoxy) is 1. The molecule has 0 saturated carbocycles. The van der Waals surface area contributed by atoms with Crippen LogP contribution in [0.1, 0.15) is 24.0 Å². The molecule has 0 unspecified atom stereocenters. The van der Waals surface area contributed by atoms with Crippen molar-refractivity contribution >= 4 is 29.3 Å². The summed E-state index contributed by atoms with van der Waals surface area (Å²) < 4.78 is 42.4. The molecular formula is C22H21F3N2O3. The van der Waals surface area contributed by atoms with Crippen LogP contribution in [0.25, 0.3) is 6.08 Å². The zero-order valence-corrected chi connectivity index (χ0v) is 16.1. The second-order valence-corrected chi connectivity index (χ2v) is 6.85. The molecule has 1 heterocycles. The van der Waals surface area contributed by atoms with Crippen LogP contribution in [-0.2, 0) is 20.5 Å². The molecule has 0 radical (unpaired) electrons. The summed E-state index contributed by atoms with van der Waals surface area (Å²) in [6, 6.07) is 11.8. The number of alkyl halides is 3. The van der Waals surface area contributed by atoms with Crippen molar-refractivity contribution in [3.8, 4) is 0 Å². The van der Waals surface area contributed by atoms with Crippen LogP contribution in [0.15, 0.2) is 54.6 Å². The second-order valence-electron chi connectivity index (χ2n) is 6.85. The number of carbonyl (C=O) groups is 2. The van der Waals surface area contributed by atoms with Gasteiger partial charge in [0.05, 0.1) is 5.56 Å². The Hall–Kier alpha value is -3.29. The molecule has 1 amide bonds. The van der Waals surface area contributed by atoms with Gasteiger partial charge < -0.3 is 15.0 Å². The first kappa shape index (κ1) is 21.4. The third-order valence-electron chi connectivity index (χ3n) is 4.62. The van der Waals surface area contributed by atoms with E-state index in [1.54, 1.807) is 12.1 Å². The first-order chi connectivity index (χ1) is 14.3. The largest absolute Gasteiger partial charge is 0.452 e. The number of nitrogens with zero attached hydrogens (tertiary/aromatic N) is 1. The SMILES string of the molecule is O=C(COC(=O)/C=C/c1ccc(C(F)(F)F)cc1)Nc1ccc(N2CCCC2)cc1. The van der Waals surface area contributed by atoms with Crippen molar-refractivity contribution in [1.82, 2.24) is 0 Å². The molecule has 0 atom stereocenters. The van der Waals surface area contributed by atoms with Gasteiger partial charge in [0.25, 0.3) is 5.91 Å². The summed E-state index contributed by atoms with van der Waals surface area (Å²) >= 11 is 0. The van der Waals surface area contributed by atoms with E-state index >= 15 is 0 Å². The van der Waals surface area contributed by atoms with Crippen molar-refractivity contribution in [2.45, 2.75) is 19.0 Å². The Morgan fingerprint density at radius 1 is 1.00 bits per heavy atom. The number of carbonyl (C=O) groups excluding carboxylic acids is 2. The molecule has 30 heavy (non-hydrogen) atoms. The fourth-order valence-electron chi connectivity index (χ4n) is 3.06. The molecule has 1 fully saturated rings. The third-order valence-corrected chi connectivity index (χ3v) is 4.62. The number of esters is 1. The van der Waals surface area contributed by atoms with Crippen LogP contribution >= 0.6 is 0 Å². The lowest BCUT2D eigenvalue weighted by molar-refractivity contribution is -0.142. The first-order valence-electron chi connectivity index (χ1n) is 9.48. The number of rotatable bonds is 6. The van der Waals surface area contributed by atoms with Crippen molar-refractivity contribution in [2.24, 2.45) is 0 Å². The Balaban J connectivity index is 1.43. The van der Waals surface area contributed by atoms with E-state index in [0.29, 0.717) is 11.3 Å². The van der Waals surface area contributed by atoms with Crippen molar-refractivity contribution in [3.63, 3.8) is 0 Å². The molecular weight excluding hydrogens is 397 g/mol. The molecule has 1 aliphatic heterocycles. The molecule has 1 aliphatic rings. The molecule has 3 rings (SSSR count). The Morgan fingerprint density at radius 2 is 1.63 bits per heavy atom. The van der Waals surface area contributed by atoms with E-state index < -0.39 is 30.2 Å². The van der Waals surface area contributed by atoms with Gasteiger partial charge >= 0.3 is 12.1 Å². The predicted octanol–water partition coefficient (Wildman–Crippen LogP) is 4.50. The maximum atomic E-state index is 12.5. The minimum absolute atomic E-state index is 0.405. The molecule has 1 saturated heterocycles. The van der Waals surface area contributed by atoms with E-state index in [-0.39, 0.29) is 0 Å². The Kier molecular flexibility index (Phi) is 6.76. The quantitative estimate of drug-likeness (QED) is 0.554. The molecule has 5 nitrogen and oxygen atoms in total. The van der Waals surface area contributed by atoms with Gasteiger partial charge in [-0.2, -0.15) is 13.2 Å². The number of benzene rings is 2.